The van der Waals surface area contributed by atoms with Gasteiger partial charge in [0.05, 0.1) is 20.4 Å². The largest absolute Gasteiger partial charge is 0.497 e. The first kappa shape index (κ1) is 13.4. The van der Waals surface area contributed by atoms with Crippen molar-refractivity contribution >= 4 is 0 Å². The molecule has 1 aromatic heterocycles. The van der Waals surface area contributed by atoms with Crippen molar-refractivity contribution in [1.29, 1.82) is 0 Å². The Hall–Kier alpha value is -2.01. The van der Waals surface area contributed by atoms with Crippen LogP contribution in [0.1, 0.15) is 24.3 Å². The van der Waals surface area contributed by atoms with Crippen molar-refractivity contribution in [2.75, 3.05) is 14.2 Å². The van der Waals surface area contributed by atoms with Crippen molar-refractivity contribution in [3.8, 4) is 11.5 Å². The average molecular weight is 262 g/mol. The molecule has 1 unspecified atom stereocenters. The highest BCUT2D eigenvalue weighted by Gasteiger charge is 2.20. The first-order valence-electron chi connectivity index (χ1n) is 6.13. The fraction of sp³-hybridized carbons (Fsp3) is 0.357. The van der Waals surface area contributed by atoms with Gasteiger partial charge in [-0.25, -0.2) is 0 Å². The van der Waals surface area contributed by atoms with E-state index in [0.29, 0.717) is 18.0 Å². The molecule has 0 fully saturated rings. The van der Waals surface area contributed by atoms with E-state index in [-0.39, 0.29) is 0 Å². The highest BCUT2D eigenvalue weighted by atomic mass is 16.5. The topological polar surface area (TPSA) is 56.5 Å². The summed E-state index contributed by atoms with van der Waals surface area (Å²) in [4.78, 5) is 0. The summed E-state index contributed by atoms with van der Waals surface area (Å²) >= 11 is 0. The zero-order valence-electron chi connectivity index (χ0n) is 11.3. The minimum atomic E-state index is -0.775. The van der Waals surface area contributed by atoms with Gasteiger partial charge in [-0.1, -0.05) is 12.1 Å². The molecular formula is C14H18N2O3. The molecule has 1 atom stereocenters. The maximum Gasteiger partial charge on any atom is 0.163 e. The molecule has 0 saturated heterocycles. The van der Waals surface area contributed by atoms with E-state index >= 15 is 0 Å². The molecule has 2 aromatic rings. The fourth-order valence-electron chi connectivity index (χ4n) is 2.01. The highest BCUT2D eigenvalue weighted by molar-refractivity contribution is 5.37. The summed E-state index contributed by atoms with van der Waals surface area (Å²) in [6.07, 6.45) is 0.842. The summed E-state index contributed by atoms with van der Waals surface area (Å²) in [6, 6.07) is 7.29. The van der Waals surface area contributed by atoms with Crippen LogP contribution in [0.2, 0.25) is 0 Å². The van der Waals surface area contributed by atoms with Crippen molar-refractivity contribution in [2.45, 2.75) is 19.6 Å². The molecule has 0 amide bonds. The zero-order chi connectivity index (χ0) is 13.8. The van der Waals surface area contributed by atoms with Crippen molar-refractivity contribution < 1.29 is 14.6 Å². The van der Waals surface area contributed by atoms with Gasteiger partial charge in [0.25, 0.3) is 0 Å². The summed E-state index contributed by atoms with van der Waals surface area (Å²) in [5.74, 6) is 1.34. The number of benzene rings is 1. The number of aryl methyl sites for hydroxylation is 1. The van der Waals surface area contributed by atoms with E-state index in [9.17, 15) is 5.11 Å². The number of aliphatic hydroxyl groups is 1. The van der Waals surface area contributed by atoms with Crippen molar-refractivity contribution in [3.05, 3.63) is 41.7 Å². The number of rotatable bonds is 5. The Morgan fingerprint density at radius 2 is 1.89 bits per heavy atom. The molecule has 0 spiro atoms. The van der Waals surface area contributed by atoms with Crippen LogP contribution in [-0.4, -0.2) is 29.1 Å². The molecule has 5 heteroatoms. The lowest BCUT2D eigenvalue weighted by Gasteiger charge is -2.15. The normalized spacial score (nSPS) is 12.2. The van der Waals surface area contributed by atoms with Gasteiger partial charge >= 0.3 is 0 Å². The first-order chi connectivity index (χ1) is 9.21. The smallest absolute Gasteiger partial charge is 0.163 e. The van der Waals surface area contributed by atoms with Gasteiger partial charge in [-0.05, 0) is 24.6 Å². The molecule has 19 heavy (non-hydrogen) atoms. The number of nitrogens with zero attached hydrogens (tertiary/aromatic N) is 2. The van der Waals surface area contributed by atoms with Crippen LogP contribution in [0.5, 0.6) is 11.5 Å². The van der Waals surface area contributed by atoms with E-state index in [1.54, 1.807) is 25.1 Å². The number of methoxy groups -OCH3 is 2. The van der Waals surface area contributed by atoms with Gasteiger partial charge in [0.1, 0.15) is 17.5 Å². The van der Waals surface area contributed by atoms with Crippen LogP contribution in [0, 0.1) is 0 Å². The predicted molar refractivity (Wildman–Crippen MR) is 71.5 cm³/mol. The van der Waals surface area contributed by atoms with Gasteiger partial charge in [0.2, 0.25) is 0 Å². The third-order valence-electron chi connectivity index (χ3n) is 3.05. The molecular weight excluding hydrogens is 244 g/mol. The second-order valence-electron chi connectivity index (χ2n) is 4.09. The van der Waals surface area contributed by atoms with E-state index in [2.05, 4.69) is 5.10 Å². The van der Waals surface area contributed by atoms with E-state index < -0.39 is 6.10 Å². The lowest BCUT2D eigenvalue weighted by molar-refractivity contribution is 0.202. The van der Waals surface area contributed by atoms with Crippen LogP contribution >= 0.6 is 0 Å². The van der Waals surface area contributed by atoms with Gasteiger partial charge in [0, 0.05) is 6.54 Å². The molecule has 5 nitrogen and oxygen atoms in total. The summed E-state index contributed by atoms with van der Waals surface area (Å²) < 4.78 is 12.1. The van der Waals surface area contributed by atoms with Gasteiger partial charge in [-0.3, -0.25) is 4.68 Å². The van der Waals surface area contributed by atoms with Crippen LogP contribution in [0.4, 0.5) is 0 Å². The minimum absolute atomic E-state index is 0.588. The minimum Gasteiger partial charge on any atom is -0.497 e. The third kappa shape index (κ3) is 2.56. The fourth-order valence-corrected chi connectivity index (χ4v) is 2.01. The number of hydrogen-bond donors (Lipinski definition) is 1. The molecule has 102 valence electrons. The Kier molecular flexibility index (Phi) is 4.06. The number of aliphatic hydroxyl groups excluding tert-OH is 1. The van der Waals surface area contributed by atoms with Crippen LogP contribution < -0.4 is 9.47 Å². The summed E-state index contributed by atoms with van der Waals surface area (Å²) in [5.41, 5.74) is 1.43. The second kappa shape index (κ2) is 5.75. The summed E-state index contributed by atoms with van der Waals surface area (Å²) in [5, 5.41) is 14.7. The van der Waals surface area contributed by atoms with Crippen LogP contribution in [0.15, 0.2) is 30.5 Å². The standard InChI is InChI=1S/C14H18N2O3/c1-4-16-13(12(19-3)9-15-16)14(17)10-5-7-11(18-2)8-6-10/h5-9,14,17H,4H2,1-3H3. The van der Waals surface area contributed by atoms with Gasteiger partial charge < -0.3 is 14.6 Å². The predicted octanol–water partition coefficient (Wildman–Crippen LogP) is 2.00. The molecule has 0 saturated carbocycles. The average Bonchev–Trinajstić information content (AvgIpc) is 2.89. The Balaban J connectivity index is 2.36. The molecule has 0 aliphatic rings. The Morgan fingerprint density at radius 3 is 2.42 bits per heavy atom. The maximum absolute atomic E-state index is 10.5. The van der Waals surface area contributed by atoms with Crippen molar-refractivity contribution in [3.63, 3.8) is 0 Å². The van der Waals surface area contributed by atoms with Gasteiger partial charge in [-0.2, -0.15) is 5.10 Å². The summed E-state index contributed by atoms with van der Waals surface area (Å²) in [6.45, 7) is 2.64. The molecule has 0 radical (unpaired) electrons. The molecule has 1 N–H and O–H groups in total. The number of hydrogen-bond acceptors (Lipinski definition) is 4. The van der Waals surface area contributed by atoms with Crippen LogP contribution in [-0.2, 0) is 6.54 Å². The van der Waals surface area contributed by atoms with Gasteiger partial charge in [0.15, 0.2) is 5.75 Å². The molecule has 1 aromatic carbocycles. The Labute approximate surface area is 112 Å². The molecule has 2 rings (SSSR count). The molecule has 1 heterocycles. The molecule has 0 bridgehead atoms. The monoisotopic (exact) mass is 262 g/mol. The van der Waals surface area contributed by atoms with E-state index in [1.807, 2.05) is 31.2 Å². The summed E-state index contributed by atoms with van der Waals surface area (Å²) in [7, 11) is 3.18. The third-order valence-corrected chi connectivity index (χ3v) is 3.05. The van der Waals surface area contributed by atoms with E-state index in [4.69, 9.17) is 9.47 Å². The Bertz CT molecular complexity index is 513. The van der Waals surface area contributed by atoms with Crippen LogP contribution in [0.25, 0.3) is 0 Å². The van der Waals surface area contributed by atoms with E-state index in [1.165, 1.54) is 0 Å². The van der Waals surface area contributed by atoms with E-state index in [0.717, 1.165) is 11.3 Å². The number of ether oxygens (including phenoxy) is 2. The molecule has 0 aliphatic heterocycles. The Morgan fingerprint density at radius 1 is 1.21 bits per heavy atom. The van der Waals surface area contributed by atoms with Gasteiger partial charge in [-0.15, -0.1) is 0 Å². The number of aromatic nitrogens is 2. The quantitative estimate of drug-likeness (QED) is 0.895. The molecule has 0 aliphatic carbocycles. The second-order valence-corrected chi connectivity index (χ2v) is 4.09. The lowest BCUT2D eigenvalue weighted by atomic mass is 10.1. The zero-order valence-corrected chi connectivity index (χ0v) is 11.3. The SMILES string of the molecule is CCn1ncc(OC)c1C(O)c1ccc(OC)cc1. The maximum atomic E-state index is 10.5. The highest BCUT2D eigenvalue weighted by Crippen LogP contribution is 2.30. The van der Waals surface area contributed by atoms with Crippen molar-refractivity contribution in [2.24, 2.45) is 0 Å². The van der Waals surface area contributed by atoms with Crippen molar-refractivity contribution in [1.82, 2.24) is 9.78 Å². The lowest BCUT2D eigenvalue weighted by Crippen LogP contribution is -2.10. The van der Waals surface area contributed by atoms with Crippen LogP contribution in [0.3, 0.4) is 0 Å². The first-order valence-corrected chi connectivity index (χ1v) is 6.13.